The van der Waals surface area contributed by atoms with Crippen LogP contribution in [0.15, 0.2) is 29.4 Å². The lowest BCUT2D eigenvalue weighted by atomic mass is 10.2. The molecular formula is C13H18N4O2S. The molecule has 0 aliphatic rings. The van der Waals surface area contributed by atoms with Gasteiger partial charge in [-0.05, 0) is 25.0 Å². The van der Waals surface area contributed by atoms with E-state index in [4.69, 9.17) is 5.73 Å². The second-order valence-corrected chi connectivity index (χ2v) is 6.60. The molecule has 108 valence electrons. The summed E-state index contributed by atoms with van der Waals surface area (Å²) in [5, 5.41) is 4.03. The van der Waals surface area contributed by atoms with Crippen molar-refractivity contribution in [2.24, 2.45) is 0 Å². The van der Waals surface area contributed by atoms with Crippen molar-refractivity contribution in [1.29, 1.82) is 0 Å². The van der Waals surface area contributed by atoms with E-state index < -0.39 is 9.84 Å². The van der Waals surface area contributed by atoms with Crippen molar-refractivity contribution in [3.05, 3.63) is 35.9 Å². The number of hydrogen-bond donors (Lipinski definition) is 1. The molecule has 7 heteroatoms. The number of nitrogens with zero attached hydrogens (tertiary/aromatic N) is 3. The summed E-state index contributed by atoms with van der Waals surface area (Å²) in [6.07, 6.45) is 2.24. The minimum Gasteiger partial charge on any atom is -0.397 e. The molecule has 0 radical (unpaired) electrons. The van der Waals surface area contributed by atoms with Gasteiger partial charge in [0.25, 0.3) is 0 Å². The van der Waals surface area contributed by atoms with E-state index in [0.29, 0.717) is 18.1 Å². The van der Waals surface area contributed by atoms with E-state index in [1.807, 2.05) is 6.92 Å². The van der Waals surface area contributed by atoms with E-state index in [1.54, 1.807) is 23.7 Å². The highest BCUT2D eigenvalue weighted by atomic mass is 32.2. The Kier molecular flexibility index (Phi) is 4.08. The first kappa shape index (κ1) is 14.5. The van der Waals surface area contributed by atoms with Crippen molar-refractivity contribution in [2.75, 3.05) is 5.73 Å². The summed E-state index contributed by atoms with van der Waals surface area (Å²) < 4.78 is 26.6. The van der Waals surface area contributed by atoms with Gasteiger partial charge >= 0.3 is 0 Å². The molecule has 0 unspecified atom stereocenters. The lowest BCUT2D eigenvalue weighted by Crippen LogP contribution is -2.13. The zero-order valence-electron chi connectivity index (χ0n) is 11.6. The molecule has 1 aromatic heterocycles. The quantitative estimate of drug-likeness (QED) is 0.845. The van der Waals surface area contributed by atoms with Gasteiger partial charge in [-0.3, -0.25) is 0 Å². The van der Waals surface area contributed by atoms with Crippen LogP contribution < -0.4 is 5.73 Å². The third-order valence-electron chi connectivity index (χ3n) is 3.07. The summed E-state index contributed by atoms with van der Waals surface area (Å²) in [5.74, 6) is 0.244. The molecule has 0 bridgehead atoms. The van der Waals surface area contributed by atoms with Gasteiger partial charge in [0.15, 0.2) is 9.84 Å². The Labute approximate surface area is 118 Å². The van der Waals surface area contributed by atoms with Gasteiger partial charge in [0.1, 0.15) is 17.9 Å². The smallest absolute Gasteiger partial charge is 0.187 e. The lowest BCUT2D eigenvalue weighted by Gasteiger charge is -2.10. The first-order valence-corrected chi connectivity index (χ1v) is 8.05. The van der Waals surface area contributed by atoms with Gasteiger partial charge in [-0.15, -0.1) is 0 Å². The number of nitrogen functional groups attached to an aromatic ring is 1. The Hall–Kier alpha value is -1.89. The van der Waals surface area contributed by atoms with Crippen molar-refractivity contribution in [3.8, 4) is 0 Å². The number of aromatic nitrogens is 3. The molecule has 0 saturated heterocycles. The molecule has 1 aromatic carbocycles. The number of para-hydroxylation sites is 1. The Bertz CT molecular complexity index is 707. The normalized spacial score (nSPS) is 11.7. The molecule has 6 nitrogen and oxygen atoms in total. The van der Waals surface area contributed by atoms with Gasteiger partial charge in [0, 0.05) is 6.54 Å². The predicted octanol–water partition coefficient (Wildman–Crippen LogP) is 1.55. The molecule has 0 atom stereocenters. The zero-order chi connectivity index (χ0) is 14.8. The van der Waals surface area contributed by atoms with Gasteiger partial charge < -0.3 is 5.73 Å². The van der Waals surface area contributed by atoms with E-state index in [1.165, 1.54) is 12.4 Å². The molecule has 2 aromatic rings. The predicted molar refractivity (Wildman–Crippen MR) is 76.8 cm³/mol. The minimum absolute atomic E-state index is 0.156. The van der Waals surface area contributed by atoms with Crippen LogP contribution in [-0.2, 0) is 22.1 Å². The molecule has 0 aliphatic carbocycles. The number of sulfone groups is 1. The molecule has 20 heavy (non-hydrogen) atoms. The second kappa shape index (κ2) is 5.62. The number of benzene rings is 1. The first-order valence-electron chi connectivity index (χ1n) is 6.40. The number of nitrogens with two attached hydrogens (primary N) is 1. The highest BCUT2D eigenvalue weighted by Gasteiger charge is 2.21. The minimum atomic E-state index is -3.53. The van der Waals surface area contributed by atoms with E-state index >= 15 is 0 Å². The maximum absolute atomic E-state index is 12.5. The highest BCUT2D eigenvalue weighted by molar-refractivity contribution is 7.90. The Morgan fingerprint density at radius 1 is 1.35 bits per heavy atom. The molecule has 0 aliphatic heterocycles. The number of aryl methyl sites for hydroxylation is 2. The van der Waals surface area contributed by atoms with Crippen LogP contribution in [0.5, 0.6) is 0 Å². The summed E-state index contributed by atoms with van der Waals surface area (Å²) >= 11 is 0. The van der Waals surface area contributed by atoms with Gasteiger partial charge in [-0.1, -0.05) is 19.1 Å². The average molecular weight is 294 g/mol. The number of hydrogen-bond acceptors (Lipinski definition) is 5. The average Bonchev–Trinajstić information content (AvgIpc) is 2.80. The van der Waals surface area contributed by atoms with Gasteiger partial charge in [-0.2, -0.15) is 5.10 Å². The zero-order valence-corrected chi connectivity index (χ0v) is 12.4. The van der Waals surface area contributed by atoms with E-state index in [0.717, 1.165) is 12.0 Å². The molecular weight excluding hydrogens is 276 g/mol. The van der Waals surface area contributed by atoms with Crippen molar-refractivity contribution in [3.63, 3.8) is 0 Å². The largest absolute Gasteiger partial charge is 0.397 e. The Balaban J connectivity index is 2.36. The van der Waals surface area contributed by atoms with Crippen molar-refractivity contribution in [2.45, 2.75) is 37.5 Å². The molecule has 1 heterocycles. The van der Waals surface area contributed by atoms with E-state index in [2.05, 4.69) is 10.1 Å². The van der Waals surface area contributed by atoms with Crippen molar-refractivity contribution >= 4 is 15.5 Å². The van der Waals surface area contributed by atoms with Crippen LogP contribution in [0.25, 0.3) is 0 Å². The maximum atomic E-state index is 12.5. The third-order valence-corrected chi connectivity index (χ3v) is 4.73. The van der Waals surface area contributed by atoms with Gasteiger partial charge in [-0.25, -0.2) is 18.1 Å². The summed E-state index contributed by atoms with van der Waals surface area (Å²) in [4.78, 5) is 4.19. The van der Waals surface area contributed by atoms with Crippen LogP contribution in [0.4, 0.5) is 5.69 Å². The van der Waals surface area contributed by atoms with Crippen LogP contribution in [0.1, 0.15) is 24.7 Å². The monoisotopic (exact) mass is 294 g/mol. The second-order valence-electron chi connectivity index (χ2n) is 4.65. The highest BCUT2D eigenvalue weighted by Crippen LogP contribution is 2.24. The van der Waals surface area contributed by atoms with Crippen LogP contribution in [0, 0.1) is 6.92 Å². The van der Waals surface area contributed by atoms with E-state index in [-0.39, 0.29) is 10.6 Å². The van der Waals surface area contributed by atoms with Crippen LogP contribution >= 0.6 is 0 Å². The lowest BCUT2D eigenvalue weighted by molar-refractivity contribution is 0.566. The van der Waals surface area contributed by atoms with Crippen molar-refractivity contribution in [1.82, 2.24) is 14.8 Å². The van der Waals surface area contributed by atoms with Crippen LogP contribution in [-0.4, -0.2) is 23.2 Å². The number of anilines is 1. The summed E-state index contributed by atoms with van der Waals surface area (Å²) in [6.45, 7) is 4.43. The Morgan fingerprint density at radius 2 is 2.10 bits per heavy atom. The van der Waals surface area contributed by atoms with Crippen LogP contribution in [0.2, 0.25) is 0 Å². The molecule has 0 fully saturated rings. The third kappa shape index (κ3) is 2.82. The molecule has 0 saturated carbocycles. The first-order chi connectivity index (χ1) is 9.45. The molecule has 2 rings (SSSR count). The molecule has 0 amide bonds. The Morgan fingerprint density at radius 3 is 2.80 bits per heavy atom. The molecule has 2 N–H and O–H groups in total. The fraction of sp³-hybridized carbons (Fsp3) is 0.385. The number of rotatable bonds is 5. The fourth-order valence-electron chi connectivity index (χ4n) is 1.97. The fourth-order valence-corrected chi connectivity index (χ4v) is 3.47. The summed E-state index contributed by atoms with van der Waals surface area (Å²) in [6, 6.07) is 5.00. The standard InChI is InChI=1S/C13H18N4O2S/c1-3-7-17-12(15-9-16-17)8-20(18,19)11-6-4-5-10(2)13(11)14/h4-6,9H,3,7-8,14H2,1-2H3. The SMILES string of the molecule is CCCn1ncnc1CS(=O)(=O)c1cccc(C)c1N. The van der Waals surface area contributed by atoms with Crippen LogP contribution in [0.3, 0.4) is 0 Å². The maximum Gasteiger partial charge on any atom is 0.187 e. The van der Waals surface area contributed by atoms with Gasteiger partial charge in [0.05, 0.1) is 10.6 Å². The van der Waals surface area contributed by atoms with E-state index in [9.17, 15) is 8.42 Å². The topological polar surface area (TPSA) is 90.9 Å². The van der Waals surface area contributed by atoms with Gasteiger partial charge in [0.2, 0.25) is 0 Å². The summed E-state index contributed by atoms with van der Waals surface area (Å²) in [5.41, 5.74) is 6.92. The van der Waals surface area contributed by atoms with Crippen molar-refractivity contribution < 1.29 is 8.42 Å². The molecule has 0 spiro atoms. The summed E-state index contributed by atoms with van der Waals surface area (Å²) in [7, 11) is -3.53.